The summed E-state index contributed by atoms with van der Waals surface area (Å²) in [5.74, 6) is 1.59. The Kier molecular flexibility index (Phi) is 2.85. The van der Waals surface area contributed by atoms with Crippen LogP contribution in [0.4, 0.5) is 0 Å². The summed E-state index contributed by atoms with van der Waals surface area (Å²) in [6.45, 7) is 1.70. The fourth-order valence-corrected chi connectivity index (χ4v) is 1.90. The maximum absolute atomic E-state index is 5.34. The molecular formula is C12H14N4O2. The lowest BCUT2D eigenvalue weighted by atomic mass is 10.2. The van der Waals surface area contributed by atoms with Gasteiger partial charge in [0.1, 0.15) is 0 Å². The van der Waals surface area contributed by atoms with Crippen molar-refractivity contribution in [3.8, 4) is 11.5 Å². The first-order valence-corrected chi connectivity index (χ1v) is 5.77. The minimum Gasteiger partial charge on any atom is -0.454 e. The van der Waals surface area contributed by atoms with E-state index in [4.69, 9.17) is 9.47 Å². The third-order valence-corrected chi connectivity index (χ3v) is 2.73. The molecular weight excluding hydrogens is 232 g/mol. The highest BCUT2D eigenvalue weighted by Gasteiger charge is 2.13. The van der Waals surface area contributed by atoms with Crippen molar-refractivity contribution in [2.45, 2.75) is 13.1 Å². The SMILES string of the molecule is CNCc1cn(Cc2ccc3c(c2)OCO3)nn1. The molecule has 3 rings (SSSR count). The molecule has 0 radical (unpaired) electrons. The molecule has 1 N–H and O–H groups in total. The molecule has 2 heterocycles. The molecule has 1 aliphatic heterocycles. The summed E-state index contributed by atoms with van der Waals surface area (Å²) in [4.78, 5) is 0. The van der Waals surface area contributed by atoms with Gasteiger partial charge in [-0.25, -0.2) is 4.68 Å². The molecule has 6 nitrogen and oxygen atoms in total. The van der Waals surface area contributed by atoms with E-state index in [-0.39, 0.29) is 0 Å². The average molecular weight is 246 g/mol. The summed E-state index contributed by atoms with van der Waals surface area (Å²) < 4.78 is 12.4. The molecule has 0 unspecified atom stereocenters. The Labute approximate surface area is 105 Å². The van der Waals surface area contributed by atoms with Crippen LogP contribution in [0.2, 0.25) is 0 Å². The maximum atomic E-state index is 5.34. The maximum Gasteiger partial charge on any atom is 0.231 e. The number of nitrogens with zero attached hydrogens (tertiary/aromatic N) is 3. The van der Waals surface area contributed by atoms with Crippen LogP contribution in [0.3, 0.4) is 0 Å². The van der Waals surface area contributed by atoms with Crippen molar-refractivity contribution in [3.05, 3.63) is 35.7 Å². The molecule has 0 saturated carbocycles. The summed E-state index contributed by atoms with van der Waals surface area (Å²) in [6.07, 6.45) is 1.93. The fourth-order valence-electron chi connectivity index (χ4n) is 1.90. The zero-order chi connectivity index (χ0) is 12.4. The number of aromatic nitrogens is 3. The standard InChI is InChI=1S/C12H14N4O2/c1-13-5-10-7-16(15-14-10)6-9-2-3-11-12(4-9)18-8-17-11/h2-4,7,13H,5-6,8H2,1H3. The van der Waals surface area contributed by atoms with Crippen LogP contribution < -0.4 is 14.8 Å². The Balaban J connectivity index is 1.75. The Hall–Kier alpha value is -2.08. The van der Waals surface area contributed by atoms with Gasteiger partial charge in [-0.15, -0.1) is 5.10 Å². The molecule has 1 aliphatic rings. The van der Waals surface area contributed by atoms with E-state index in [0.717, 1.165) is 29.3 Å². The number of fused-ring (bicyclic) bond motifs is 1. The van der Waals surface area contributed by atoms with Crippen LogP contribution >= 0.6 is 0 Å². The van der Waals surface area contributed by atoms with Crippen molar-refractivity contribution in [1.82, 2.24) is 20.3 Å². The minimum absolute atomic E-state index is 0.300. The predicted molar refractivity (Wildman–Crippen MR) is 64.5 cm³/mol. The van der Waals surface area contributed by atoms with E-state index < -0.39 is 0 Å². The molecule has 1 aromatic heterocycles. The van der Waals surface area contributed by atoms with E-state index in [0.29, 0.717) is 13.3 Å². The second-order valence-electron chi connectivity index (χ2n) is 4.13. The summed E-state index contributed by atoms with van der Waals surface area (Å²) in [5.41, 5.74) is 2.04. The average Bonchev–Trinajstić information content (AvgIpc) is 2.98. The van der Waals surface area contributed by atoms with Gasteiger partial charge in [0.25, 0.3) is 0 Å². The van der Waals surface area contributed by atoms with Crippen LogP contribution in [0.1, 0.15) is 11.3 Å². The minimum atomic E-state index is 0.300. The number of hydrogen-bond donors (Lipinski definition) is 1. The Morgan fingerprint density at radius 1 is 1.33 bits per heavy atom. The molecule has 0 aliphatic carbocycles. The summed E-state index contributed by atoms with van der Waals surface area (Å²) in [6, 6.07) is 5.90. The Bertz CT molecular complexity index is 553. The lowest BCUT2D eigenvalue weighted by Gasteiger charge is -2.02. The van der Waals surface area contributed by atoms with E-state index in [1.165, 1.54) is 0 Å². The number of nitrogens with one attached hydrogen (secondary N) is 1. The van der Waals surface area contributed by atoms with Gasteiger partial charge in [0.2, 0.25) is 6.79 Å². The zero-order valence-corrected chi connectivity index (χ0v) is 10.1. The molecule has 0 atom stereocenters. The quantitative estimate of drug-likeness (QED) is 0.863. The van der Waals surface area contributed by atoms with E-state index in [9.17, 15) is 0 Å². The molecule has 1 aromatic carbocycles. The monoisotopic (exact) mass is 246 g/mol. The molecule has 18 heavy (non-hydrogen) atoms. The van der Waals surface area contributed by atoms with Crippen molar-refractivity contribution >= 4 is 0 Å². The second kappa shape index (κ2) is 4.66. The Morgan fingerprint density at radius 3 is 3.11 bits per heavy atom. The van der Waals surface area contributed by atoms with Gasteiger partial charge >= 0.3 is 0 Å². The first-order valence-electron chi connectivity index (χ1n) is 5.77. The summed E-state index contributed by atoms with van der Waals surface area (Å²) in [7, 11) is 1.89. The highest BCUT2D eigenvalue weighted by Crippen LogP contribution is 2.32. The first-order chi connectivity index (χ1) is 8.85. The van der Waals surface area contributed by atoms with Gasteiger partial charge in [0.15, 0.2) is 11.5 Å². The molecule has 94 valence electrons. The molecule has 0 bridgehead atoms. The largest absolute Gasteiger partial charge is 0.454 e. The first kappa shape index (κ1) is 11.0. The smallest absolute Gasteiger partial charge is 0.231 e. The summed E-state index contributed by atoms with van der Waals surface area (Å²) >= 11 is 0. The third kappa shape index (κ3) is 2.14. The number of benzene rings is 1. The van der Waals surface area contributed by atoms with E-state index in [1.807, 2.05) is 36.1 Å². The van der Waals surface area contributed by atoms with Crippen LogP contribution in [-0.4, -0.2) is 28.8 Å². The number of hydrogen-bond acceptors (Lipinski definition) is 5. The van der Waals surface area contributed by atoms with Gasteiger partial charge in [-0.1, -0.05) is 11.3 Å². The van der Waals surface area contributed by atoms with Crippen molar-refractivity contribution in [1.29, 1.82) is 0 Å². The van der Waals surface area contributed by atoms with Gasteiger partial charge in [-0.2, -0.15) is 0 Å². The van der Waals surface area contributed by atoms with Gasteiger partial charge in [0, 0.05) is 6.54 Å². The van der Waals surface area contributed by atoms with Crippen LogP contribution in [0.5, 0.6) is 11.5 Å². The zero-order valence-electron chi connectivity index (χ0n) is 10.1. The fraction of sp³-hybridized carbons (Fsp3) is 0.333. The second-order valence-corrected chi connectivity index (χ2v) is 4.13. The van der Waals surface area contributed by atoms with Crippen molar-refractivity contribution < 1.29 is 9.47 Å². The van der Waals surface area contributed by atoms with E-state index in [1.54, 1.807) is 0 Å². The molecule has 6 heteroatoms. The predicted octanol–water partition coefficient (Wildman–Crippen LogP) is 0.774. The van der Waals surface area contributed by atoms with E-state index >= 15 is 0 Å². The Morgan fingerprint density at radius 2 is 2.22 bits per heavy atom. The molecule has 0 saturated heterocycles. The van der Waals surface area contributed by atoms with Crippen LogP contribution in [0.25, 0.3) is 0 Å². The van der Waals surface area contributed by atoms with Gasteiger partial charge in [-0.05, 0) is 24.7 Å². The van der Waals surface area contributed by atoms with Crippen LogP contribution in [-0.2, 0) is 13.1 Å². The molecule has 2 aromatic rings. The van der Waals surface area contributed by atoms with Crippen molar-refractivity contribution in [2.75, 3.05) is 13.8 Å². The van der Waals surface area contributed by atoms with Gasteiger partial charge in [-0.3, -0.25) is 0 Å². The van der Waals surface area contributed by atoms with Crippen LogP contribution in [0, 0.1) is 0 Å². The molecule has 0 fully saturated rings. The molecule has 0 amide bonds. The van der Waals surface area contributed by atoms with Crippen molar-refractivity contribution in [3.63, 3.8) is 0 Å². The highest BCUT2D eigenvalue weighted by atomic mass is 16.7. The topological polar surface area (TPSA) is 61.2 Å². The number of rotatable bonds is 4. The summed E-state index contributed by atoms with van der Waals surface area (Å²) in [5, 5.41) is 11.2. The normalized spacial score (nSPS) is 12.9. The van der Waals surface area contributed by atoms with E-state index in [2.05, 4.69) is 15.6 Å². The van der Waals surface area contributed by atoms with Gasteiger partial charge < -0.3 is 14.8 Å². The lowest BCUT2D eigenvalue weighted by Crippen LogP contribution is -2.05. The van der Waals surface area contributed by atoms with Crippen LogP contribution in [0.15, 0.2) is 24.4 Å². The number of ether oxygens (including phenoxy) is 2. The molecule has 0 spiro atoms. The third-order valence-electron chi connectivity index (χ3n) is 2.73. The van der Waals surface area contributed by atoms with Gasteiger partial charge in [0.05, 0.1) is 18.4 Å². The lowest BCUT2D eigenvalue weighted by molar-refractivity contribution is 0.174. The highest BCUT2D eigenvalue weighted by molar-refractivity contribution is 5.44. The van der Waals surface area contributed by atoms with Crippen molar-refractivity contribution in [2.24, 2.45) is 0 Å².